The lowest BCUT2D eigenvalue weighted by Crippen LogP contribution is -2.31. The molecule has 0 saturated heterocycles. The van der Waals surface area contributed by atoms with E-state index in [1.54, 1.807) is 67.4 Å². The lowest BCUT2D eigenvalue weighted by Gasteiger charge is -2.22. The Morgan fingerprint density at radius 1 is 0.511 bits per heavy atom. The summed E-state index contributed by atoms with van der Waals surface area (Å²) < 4.78 is 184. The van der Waals surface area contributed by atoms with Crippen molar-refractivity contribution in [3.05, 3.63) is 114 Å². The Balaban J connectivity index is 0.000000529. The summed E-state index contributed by atoms with van der Waals surface area (Å²) in [6.45, 7) is 13.4. The number of hydrogen-bond acceptors (Lipinski definition) is 16. The first kappa shape index (κ1) is 77.1. The molecule has 6 heterocycles. The fourth-order valence-electron chi connectivity index (χ4n) is 6.21. The topological polar surface area (TPSA) is 275 Å². The lowest BCUT2D eigenvalue weighted by molar-refractivity contribution is -0.214. The molecule has 0 saturated carbocycles. The Hall–Kier alpha value is -8.90. The third-order valence-electron chi connectivity index (χ3n) is 9.68. The number of nitrogen functional groups attached to an aromatic ring is 3. The number of nitrogens with one attached hydrogen (secondary N) is 2. The molecule has 0 aliphatic carbocycles. The second-order valence-corrected chi connectivity index (χ2v) is 20.4. The second kappa shape index (κ2) is 31.7. The number of alkyl halides is 12. The quantitative estimate of drug-likeness (QED) is 0.0577. The van der Waals surface area contributed by atoms with E-state index in [0.717, 1.165) is 42.3 Å². The van der Waals surface area contributed by atoms with Gasteiger partial charge in [-0.3, -0.25) is 10.2 Å². The standard InChI is InChI=1S/C14H15F4N3O.C10H14BFO3.C7H10F3N3.C6H8F3N3.C5H6F3N3.C5H9N3.C3H5N3.CH4/c1-13(2,3)22-10-5-8(4-9(15)6-10)11-7-12(19)20-21(11)14(16,17)18;1-10(2,3)15-9-5-7(11(13)14)4-8(12)6-9;1-5-4-6(12(2)3)11-13(5)7(8,9)10;1-11(2)5-3-4-12(10-5)6(7,8)9;1-3-2-4(9)10-11(3)5(6,7)8;1-8(2)5-3-4-6-7-5;4-3-1-2-5-6-3;/h4-7H,1-3H3,(H2,19,20);4-6,13-14H,1-3H3;4H,1-3H3;3-4H,1-2H3;2H,1H3,(H2,9,10);3-4H,1-2H3,(H,6,7);1-2H,(H3,4,5,6);1H4. The monoisotopic (exact) mass is 1280 g/mol. The Labute approximate surface area is 497 Å². The lowest BCUT2D eigenvalue weighted by atomic mass is 9.80. The molecule has 37 heteroatoms. The van der Waals surface area contributed by atoms with Gasteiger partial charge >= 0.3 is 32.3 Å². The van der Waals surface area contributed by atoms with Crippen molar-refractivity contribution in [1.82, 2.24) is 59.5 Å². The number of nitrogens with two attached hydrogens (primary N) is 3. The summed E-state index contributed by atoms with van der Waals surface area (Å²) >= 11 is 0. The van der Waals surface area contributed by atoms with Gasteiger partial charge in [-0.1, -0.05) is 7.43 Å². The number of ether oxygens (including phenoxy) is 2. The van der Waals surface area contributed by atoms with Crippen LogP contribution in [0.2, 0.25) is 0 Å². The molecule has 22 nitrogen and oxygen atoms in total. The molecule has 88 heavy (non-hydrogen) atoms. The molecule has 0 atom stereocenters. The maximum atomic E-state index is 13.7. The number of aromatic nitrogens is 12. The molecule has 490 valence electrons. The normalized spacial score (nSPS) is 11.3. The van der Waals surface area contributed by atoms with Crippen LogP contribution in [0.1, 0.15) is 60.4 Å². The van der Waals surface area contributed by atoms with Crippen molar-refractivity contribution in [2.24, 2.45) is 0 Å². The number of benzene rings is 2. The molecule has 8 aromatic rings. The van der Waals surface area contributed by atoms with Crippen molar-refractivity contribution in [2.75, 3.05) is 74.2 Å². The van der Waals surface area contributed by atoms with Crippen LogP contribution in [0.4, 0.5) is 96.4 Å². The van der Waals surface area contributed by atoms with E-state index in [-0.39, 0.29) is 83.2 Å². The van der Waals surface area contributed by atoms with Crippen molar-refractivity contribution >= 4 is 47.5 Å². The van der Waals surface area contributed by atoms with Crippen LogP contribution < -0.4 is 46.8 Å². The molecule has 0 aliphatic heterocycles. The highest BCUT2D eigenvalue weighted by Crippen LogP contribution is 2.34. The minimum Gasteiger partial charge on any atom is -0.488 e. The van der Waals surface area contributed by atoms with E-state index in [0.29, 0.717) is 11.6 Å². The van der Waals surface area contributed by atoms with Crippen LogP contribution in [-0.4, -0.2) is 130 Å². The van der Waals surface area contributed by atoms with E-state index in [4.69, 9.17) is 36.7 Å². The maximum Gasteiger partial charge on any atom is 0.505 e. The average molecular weight is 1280 g/mol. The van der Waals surface area contributed by atoms with Gasteiger partial charge < -0.3 is 51.4 Å². The van der Waals surface area contributed by atoms with Gasteiger partial charge in [0.05, 0.1) is 18.1 Å². The van der Waals surface area contributed by atoms with Crippen molar-refractivity contribution < 1.29 is 81.0 Å². The van der Waals surface area contributed by atoms with Crippen LogP contribution in [0, 0.1) is 25.5 Å². The molecule has 0 spiro atoms. The Morgan fingerprint density at radius 2 is 0.966 bits per heavy atom. The van der Waals surface area contributed by atoms with Crippen molar-refractivity contribution in [2.45, 2.75) is 99.2 Å². The molecule has 0 bridgehead atoms. The molecule has 2 aromatic carbocycles. The number of halogens is 14. The van der Waals surface area contributed by atoms with Gasteiger partial charge in [0.2, 0.25) is 0 Å². The van der Waals surface area contributed by atoms with Gasteiger partial charge in [-0.15, -0.1) is 73.1 Å². The zero-order valence-corrected chi connectivity index (χ0v) is 49.3. The van der Waals surface area contributed by atoms with E-state index in [1.165, 1.54) is 54.0 Å². The summed E-state index contributed by atoms with van der Waals surface area (Å²) in [6.07, 6.45) is -13.9. The third-order valence-corrected chi connectivity index (χ3v) is 9.68. The molecule has 8 rings (SSSR count). The van der Waals surface area contributed by atoms with E-state index in [1.807, 2.05) is 45.8 Å². The van der Waals surface area contributed by atoms with Crippen LogP contribution in [0.5, 0.6) is 11.5 Å². The largest absolute Gasteiger partial charge is 0.505 e. The van der Waals surface area contributed by atoms with Gasteiger partial charge in [0.25, 0.3) is 0 Å². The molecule has 0 aliphatic rings. The molecule has 0 radical (unpaired) electrons. The molecule has 0 unspecified atom stereocenters. The van der Waals surface area contributed by atoms with Crippen LogP contribution >= 0.6 is 0 Å². The zero-order valence-electron chi connectivity index (χ0n) is 49.3. The average Bonchev–Trinajstić information content (AvgIpc) is 2.62. The predicted octanol–water partition coefficient (Wildman–Crippen LogP) is 10.1. The highest BCUT2D eigenvalue weighted by Gasteiger charge is 2.37. The summed E-state index contributed by atoms with van der Waals surface area (Å²) in [7, 11) is 8.78. The van der Waals surface area contributed by atoms with Gasteiger partial charge in [-0.05, 0) is 91.2 Å². The fourth-order valence-corrected chi connectivity index (χ4v) is 6.21. The predicted molar refractivity (Wildman–Crippen MR) is 306 cm³/mol. The van der Waals surface area contributed by atoms with Gasteiger partial charge in [0.15, 0.2) is 5.82 Å². The highest BCUT2D eigenvalue weighted by molar-refractivity contribution is 6.58. The van der Waals surface area contributed by atoms with Crippen LogP contribution in [0.3, 0.4) is 0 Å². The molecule has 0 amide bonds. The first-order valence-corrected chi connectivity index (χ1v) is 24.8. The first-order valence-electron chi connectivity index (χ1n) is 24.8. The SMILES string of the molecule is C.CC(C)(C)Oc1cc(F)cc(-c2cc(N)nn2C(F)(F)F)c1.CC(C)(C)Oc1cc(F)cc(B(O)O)c1.CN(C)c1ccn(C(F)(F)F)n1.CN(C)c1ccn[nH]1.Cc1cc(N(C)C)nn1C(F)(F)F.Cc1cc(N)nn1C(F)(F)F.Nc1ccn[nH]1. The Kier molecular flexibility index (Phi) is 27.7. The smallest absolute Gasteiger partial charge is 0.488 e. The van der Waals surface area contributed by atoms with E-state index in [2.05, 4.69) is 40.8 Å². The van der Waals surface area contributed by atoms with E-state index in [9.17, 15) is 61.5 Å². The minimum absolute atomic E-state index is 0. The summed E-state index contributed by atoms with van der Waals surface area (Å²) in [5.74, 6) is 0.920. The summed E-state index contributed by atoms with van der Waals surface area (Å²) in [5.41, 5.74) is 14.2. The van der Waals surface area contributed by atoms with Gasteiger partial charge in [0.1, 0.15) is 63.4 Å². The summed E-state index contributed by atoms with van der Waals surface area (Å²) in [5, 5.41) is 43.4. The van der Waals surface area contributed by atoms with Gasteiger partial charge in [-0.2, -0.15) is 28.9 Å². The second-order valence-electron chi connectivity index (χ2n) is 20.4. The number of aryl methyl sites for hydroxylation is 2. The highest BCUT2D eigenvalue weighted by atomic mass is 19.4. The number of anilines is 6. The van der Waals surface area contributed by atoms with Crippen molar-refractivity contribution in [3.63, 3.8) is 0 Å². The molecular formula is C51H71BF14N18O4. The Morgan fingerprint density at radius 3 is 1.28 bits per heavy atom. The van der Waals surface area contributed by atoms with Gasteiger partial charge in [0, 0.05) is 108 Å². The third kappa shape index (κ3) is 27.2. The van der Waals surface area contributed by atoms with Crippen LogP contribution in [-0.2, 0) is 25.2 Å². The van der Waals surface area contributed by atoms with E-state index < -0.39 is 55.2 Å². The molecular weight excluding hydrogens is 1210 g/mol. The van der Waals surface area contributed by atoms with Crippen molar-refractivity contribution in [1.29, 1.82) is 0 Å². The van der Waals surface area contributed by atoms with Crippen molar-refractivity contribution in [3.8, 4) is 22.8 Å². The number of rotatable bonds is 7. The minimum atomic E-state index is -4.76. The summed E-state index contributed by atoms with van der Waals surface area (Å²) in [6, 6.07) is 15.5. The number of nitrogens with zero attached hydrogens (tertiary/aromatic N) is 13. The van der Waals surface area contributed by atoms with Crippen LogP contribution in [0.25, 0.3) is 11.3 Å². The number of aromatic amines is 2. The molecule has 0 fully saturated rings. The van der Waals surface area contributed by atoms with E-state index >= 15 is 0 Å². The zero-order chi connectivity index (χ0) is 67.0. The van der Waals surface area contributed by atoms with Crippen LogP contribution in [0.15, 0.2) is 91.4 Å². The Bertz CT molecular complexity index is 3300. The summed E-state index contributed by atoms with van der Waals surface area (Å²) in [4.78, 5) is 4.99. The molecule has 6 aromatic heterocycles. The first-order chi connectivity index (χ1) is 39.6. The fraction of sp³-hybridized carbons (Fsp3) is 0.412. The maximum absolute atomic E-state index is 13.7. The van der Waals surface area contributed by atoms with Gasteiger partial charge in [-0.25, -0.2) is 8.78 Å². The molecule has 10 N–H and O–H groups in total. The number of H-pyrrole nitrogens is 2. The number of hydrogen-bond donors (Lipinski definition) is 7.